The molecule has 0 aliphatic heterocycles. The van der Waals surface area contributed by atoms with Crippen LogP contribution in [0.25, 0.3) is 0 Å². The van der Waals surface area contributed by atoms with Gasteiger partial charge in [0.05, 0.1) is 12.1 Å². The molecular formula is C17H17F2N3O3. The number of amides is 2. The van der Waals surface area contributed by atoms with E-state index in [0.717, 1.165) is 16.2 Å². The van der Waals surface area contributed by atoms with Gasteiger partial charge < -0.3 is 15.2 Å². The Morgan fingerprint density at radius 1 is 1.04 bits per heavy atom. The second-order valence-corrected chi connectivity index (χ2v) is 5.25. The minimum absolute atomic E-state index is 0.192. The van der Waals surface area contributed by atoms with Gasteiger partial charge in [0.25, 0.3) is 17.9 Å². The van der Waals surface area contributed by atoms with Crippen LogP contribution in [0.1, 0.15) is 15.9 Å². The number of rotatable bonds is 7. The van der Waals surface area contributed by atoms with E-state index in [0.29, 0.717) is 6.54 Å². The van der Waals surface area contributed by atoms with E-state index < -0.39 is 36.9 Å². The van der Waals surface area contributed by atoms with Crippen LogP contribution in [-0.4, -0.2) is 29.4 Å². The Bertz CT molecular complexity index is 791. The molecule has 0 atom stereocenters. The molecule has 0 aliphatic rings. The average Bonchev–Trinajstić information content (AvgIpc) is 2.60. The van der Waals surface area contributed by atoms with Crippen molar-refractivity contribution in [3.63, 3.8) is 0 Å². The molecule has 2 aromatic rings. The maximum Gasteiger partial charge on any atom is 0.255 e. The van der Waals surface area contributed by atoms with E-state index in [-0.39, 0.29) is 5.56 Å². The molecule has 0 aliphatic carbocycles. The highest BCUT2D eigenvalue weighted by atomic mass is 19.3. The summed E-state index contributed by atoms with van der Waals surface area (Å²) in [5, 5.41) is 4.71. The lowest BCUT2D eigenvalue weighted by molar-refractivity contribution is -0.122. The summed E-state index contributed by atoms with van der Waals surface area (Å²) in [5.74, 6) is -1.14. The molecule has 2 N–H and O–H groups in total. The normalized spacial score (nSPS) is 10.5. The number of pyridine rings is 1. The molecule has 8 heteroatoms. The first-order valence-electron chi connectivity index (χ1n) is 7.53. The van der Waals surface area contributed by atoms with Crippen molar-refractivity contribution in [2.75, 3.05) is 6.54 Å². The molecule has 1 heterocycles. The number of halogens is 2. The molecule has 25 heavy (non-hydrogen) atoms. The minimum atomic E-state index is -2.67. The average molecular weight is 349 g/mol. The van der Waals surface area contributed by atoms with E-state index >= 15 is 0 Å². The summed E-state index contributed by atoms with van der Waals surface area (Å²) in [4.78, 5) is 35.5. The first-order valence-corrected chi connectivity index (χ1v) is 7.53. The highest BCUT2D eigenvalue weighted by Gasteiger charge is 2.11. The second-order valence-electron chi connectivity index (χ2n) is 5.25. The van der Waals surface area contributed by atoms with Crippen molar-refractivity contribution in [2.45, 2.75) is 19.5 Å². The third kappa shape index (κ3) is 5.83. The van der Waals surface area contributed by atoms with Crippen molar-refractivity contribution in [3.05, 3.63) is 70.1 Å². The smallest absolute Gasteiger partial charge is 0.255 e. The van der Waals surface area contributed by atoms with Gasteiger partial charge in [0.15, 0.2) is 0 Å². The number of nitrogens with one attached hydrogen (secondary N) is 2. The Hall–Kier alpha value is -3.03. The van der Waals surface area contributed by atoms with Crippen molar-refractivity contribution in [2.24, 2.45) is 0 Å². The molecular weight excluding hydrogens is 332 g/mol. The molecule has 0 saturated carbocycles. The molecule has 0 bridgehead atoms. The Kier molecular flexibility index (Phi) is 6.39. The van der Waals surface area contributed by atoms with Gasteiger partial charge in [-0.1, -0.05) is 30.3 Å². The first kappa shape index (κ1) is 18.3. The summed E-state index contributed by atoms with van der Waals surface area (Å²) in [5.41, 5.74) is 0.597. The van der Waals surface area contributed by atoms with Crippen LogP contribution >= 0.6 is 0 Å². The summed E-state index contributed by atoms with van der Waals surface area (Å²) in [6, 6.07) is 11.8. The standard InChI is InChI=1S/C17H17F2N3O3/c18-14(19)9-20-15(23)11-22-10-13(6-7-16(22)24)17(25)21-8-12-4-2-1-3-5-12/h1-7,10,14H,8-9,11H2,(H,20,23)(H,21,25). The molecule has 6 nitrogen and oxygen atoms in total. The topological polar surface area (TPSA) is 80.2 Å². The Morgan fingerprint density at radius 3 is 2.44 bits per heavy atom. The summed E-state index contributed by atoms with van der Waals surface area (Å²) in [6.45, 7) is -0.913. The van der Waals surface area contributed by atoms with E-state index in [4.69, 9.17) is 0 Å². The summed E-state index contributed by atoms with van der Waals surface area (Å²) in [7, 11) is 0. The summed E-state index contributed by atoms with van der Waals surface area (Å²) >= 11 is 0. The van der Waals surface area contributed by atoms with Crippen LogP contribution in [0.4, 0.5) is 8.78 Å². The van der Waals surface area contributed by atoms with Crippen LogP contribution in [0.15, 0.2) is 53.5 Å². The monoisotopic (exact) mass is 349 g/mol. The van der Waals surface area contributed by atoms with Crippen LogP contribution in [0.2, 0.25) is 0 Å². The van der Waals surface area contributed by atoms with Crippen molar-refractivity contribution in [3.8, 4) is 0 Å². The van der Waals surface area contributed by atoms with E-state index in [2.05, 4.69) is 5.32 Å². The van der Waals surface area contributed by atoms with Crippen LogP contribution in [0.3, 0.4) is 0 Å². The van der Waals surface area contributed by atoms with E-state index in [1.54, 1.807) is 0 Å². The van der Waals surface area contributed by atoms with Gasteiger partial charge in [0.2, 0.25) is 5.91 Å². The molecule has 2 rings (SSSR count). The fourth-order valence-corrected chi connectivity index (χ4v) is 2.07. The van der Waals surface area contributed by atoms with Crippen molar-refractivity contribution in [1.82, 2.24) is 15.2 Å². The van der Waals surface area contributed by atoms with Crippen LogP contribution in [0, 0.1) is 0 Å². The Balaban J connectivity index is 2.00. The lowest BCUT2D eigenvalue weighted by Gasteiger charge is -2.09. The molecule has 0 spiro atoms. The molecule has 132 valence electrons. The molecule has 0 saturated heterocycles. The zero-order valence-electron chi connectivity index (χ0n) is 13.2. The van der Waals surface area contributed by atoms with Crippen molar-refractivity contribution < 1.29 is 18.4 Å². The number of aromatic nitrogens is 1. The largest absolute Gasteiger partial charge is 0.349 e. The lowest BCUT2D eigenvalue weighted by Crippen LogP contribution is -2.35. The van der Waals surface area contributed by atoms with Crippen molar-refractivity contribution in [1.29, 1.82) is 0 Å². The molecule has 0 unspecified atom stereocenters. The predicted octanol–water partition coefficient (Wildman–Crippen LogP) is 1.16. The van der Waals surface area contributed by atoms with Gasteiger partial charge in [-0.15, -0.1) is 0 Å². The SMILES string of the molecule is O=C(Cn1cc(C(=O)NCc2ccccc2)ccc1=O)NCC(F)F. The van der Waals surface area contributed by atoms with Crippen molar-refractivity contribution >= 4 is 11.8 Å². The number of hydrogen-bond donors (Lipinski definition) is 2. The van der Waals surface area contributed by atoms with Gasteiger partial charge in [0.1, 0.15) is 6.54 Å². The number of nitrogens with zero attached hydrogens (tertiary/aromatic N) is 1. The summed E-state index contributed by atoms with van der Waals surface area (Å²) in [6.07, 6.45) is -1.44. The number of hydrogen-bond acceptors (Lipinski definition) is 3. The second kappa shape index (κ2) is 8.72. The molecule has 1 aromatic heterocycles. The number of benzene rings is 1. The number of alkyl halides is 2. The van der Waals surface area contributed by atoms with Gasteiger partial charge in [0, 0.05) is 18.8 Å². The van der Waals surface area contributed by atoms with Gasteiger partial charge >= 0.3 is 0 Å². The summed E-state index contributed by atoms with van der Waals surface area (Å²) < 4.78 is 25.1. The lowest BCUT2D eigenvalue weighted by atomic mass is 10.2. The van der Waals surface area contributed by atoms with Gasteiger partial charge in [-0.05, 0) is 11.6 Å². The van der Waals surface area contributed by atoms with Gasteiger partial charge in [-0.2, -0.15) is 0 Å². The Morgan fingerprint density at radius 2 is 1.76 bits per heavy atom. The third-order valence-electron chi connectivity index (χ3n) is 3.31. The van der Waals surface area contributed by atoms with Crippen LogP contribution in [-0.2, 0) is 17.9 Å². The number of carbonyl (C=O) groups excluding carboxylic acids is 2. The van der Waals surface area contributed by atoms with E-state index in [1.807, 2.05) is 35.6 Å². The van der Waals surface area contributed by atoms with E-state index in [1.165, 1.54) is 12.3 Å². The minimum Gasteiger partial charge on any atom is -0.349 e. The molecule has 0 radical (unpaired) electrons. The highest BCUT2D eigenvalue weighted by Crippen LogP contribution is 2.00. The number of carbonyl (C=O) groups is 2. The zero-order valence-corrected chi connectivity index (χ0v) is 13.2. The van der Waals surface area contributed by atoms with Gasteiger partial charge in [-0.3, -0.25) is 14.4 Å². The van der Waals surface area contributed by atoms with E-state index in [9.17, 15) is 23.2 Å². The molecule has 0 fully saturated rings. The fraction of sp³-hybridized carbons (Fsp3) is 0.235. The quantitative estimate of drug-likeness (QED) is 0.787. The highest BCUT2D eigenvalue weighted by molar-refractivity contribution is 5.93. The fourth-order valence-electron chi connectivity index (χ4n) is 2.07. The van der Waals surface area contributed by atoms with Crippen LogP contribution in [0.5, 0.6) is 0 Å². The van der Waals surface area contributed by atoms with Crippen LogP contribution < -0.4 is 16.2 Å². The zero-order chi connectivity index (χ0) is 18.2. The maximum atomic E-state index is 12.2. The van der Waals surface area contributed by atoms with Gasteiger partial charge in [-0.25, -0.2) is 8.78 Å². The predicted molar refractivity (Wildman–Crippen MR) is 87.3 cm³/mol. The molecule has 1 aromatic carbocycles. The first-order chi connectivity index (χ1) is 12.0. The Labute approximate surface area is 142 Å². The maximum absolute atomic E-state index is 12.2. The third-order valence-corrected chi connectivity index (χ3v) is 3.31. The molecule has 2 amide bonds.